The second-order valence-electron chi connectivity index (χ2n) is 6.84. The summed E-state index contributed by atoms with van der Waals surface area (Å²) in [6.07, 6.45) is 5.87. The number of carbonyl (C=O) groups excluding carboxylic acids is 1. The molecule has 2 rings (SSSR count). The highest BCUT2D eigenvalue weighted by Gasteiger charge is 2.17. The highest BCUT2D eigenvalue weighted by Crippen LogP contribution is 2.18. The molecule has 1 atom stereocenters. The Bertz CT molecular complexity index is 567. The van der Waals surface area contributed by atoms with Crippen LogP contribution in [0.4, 0.5) is 0 Å². The van der Waals surface area contributed by atoms with Gasteiger partial charge in [0.15, 0.2) is 5.96 Å². The van der Waals surface area contributed by atoms with E-state index in [1.807, 2.05) is 11.3 Å². The SMILES string of the molecule is Cc1ccc(CC(C)NC(=NCC(=O)N(C)C)NC2CCCC2)s1.I. The zero-order valence-electron chi connectivity index (χ0n) is 15.7. The molecule has 5 nitrogen and oxygen atoms in total. The van der Waals surface area contributed by atoms with Crippen molar-refractivity contribution >= 4 is 47.2 Å². The number of carbonyl (C=O) groups is 1. The minimum Gasteiger partial charge on any atom is -0.354 e. The summed E-state index contributed by atoms with van der Waals surface area (Å²) in [6.45, 7) is 4.47. The summed E-state index contributed by atoms with van der Waals surface area (Å²) in [7, 11) is 3.52. The molecule has 1 aliphatic carbocycles. The maximum atomic E-state index is 11.8. The lowest BCUT2D eigenvalue weighted by atomic mass is 10.2. The first-order chi connectivity index (χ1) is 11.4. The van der Waals surface area contributed by atoms with Crippen LogP contribution in [-0.2, 0) is 11.2 Å². The number of amides is 1. The van der Waals surface area contributed by atoms with E-state index >= 15 is 0 Å². The molecule has 1 aromatic heterocycles. The molecule has 0 aliphatic heterocycles. The molecule has 0 bridgehead atoms. The summed E-state index contributed by atoms with van der Waals surface area (Å²) < 4.78 is 0. The van der Waals surface area contributed by atoms with Crippen LogP contribution in [-0.4, -0.2) is 49.5 Å². The van der Waals surface area contributed by atoms with E-state index in [4.69, 9.17) is 0 Å². The van der Waals surface area contributed by atoms with Crippen LogP contribution in [0.1, 0.15) is 42.4 Å². The number of hydrogen-bond donors (Lipinski definition) is 2. The van der Waals surface area contributed by atoms with Gasteiger partial charge in [0.05, 0.1) is 0 Å². The van der Waals surface area contributed by atoms with Gasteiger partial charge < -0.3 is 15.5 Å². The highest BCUT2D eigenvalue weighted by atomic mass is 127. The van der Waals surface area contributed by atoms with E-state index in [2.05, 4.69) is 41.6 Å². The van der Waals surface area contributed by atoms with Gasteiger partial charge in [0.2, 0.25) is 5.91 Å². The van der Waals surface area contributed by atoms with Crippen LogP contribution in [0.15, 0.2) is 17.1 Å². The molecule has 1 unspecified atom stereocenters. The van der Waals surface area contributed by atoms with Crippen molar-refractivity contribution in [2.75, 3.05) is 20.6 Å². The molecule has 0 saturated heterocycles. The standard InChI is InChI=1S/C18H30N4OS.HI/c1-13(11-16-10-9-14(2)24-16)20-18(19-12-17(23)22(3)4)21-15-7-5-6-8-15;/h9-10,13,15H,5-8,11-12H2,1-4H3,(H2,19,20,21);1H. The molecule has 0 spiro atoms. The van der Waals surface area contributed by atoms with Crippen molar-refractivity contribution in [3.8, 4) is 0 Å². The molecule has 7 heteroatoms. The minimum absolute atomic E-state index is 0. The summed E-state index contributed by atoms with van der Waals surface area (Å²) >= 11 is 1.84. The summed E-state index contributed by atoms with van der Waals surface area (Å²) in [5.41, 5.74) is 0. The minimum atomic E-state index is 0. The lowest BCUT2D eigenvalue weighted by molar-refractivity contribution is -0.127. The first-order valence-electron chi connectivity index (χ1n) is 8.77. The fourth-order valence-corrected chi connectivity index (χ4v) is 3.88. The monoisotopic (exact) mass is 478 g/mol. The molecular formula is C18H31IN4OS. The van der Waals surface area contributed by atoms with E-state index in [-0.39, 0.29) is 42.5 Å². The van der Waals surface area contributed by atoms with E-state index in [0.29, 0.717) is 6.04 Å². The molecule has 25 heavy (non-hydrogen) atoms. The van der Waals surface area contributed by atoms with Crippen molar-refractivity contribution in [1.29, 1.82) is 0 Å². The number of likely N-dealkylation sites (N-methyl/N-ethyl adjacent to an activating group) is 1. The van der Waals surface area contributed by atoms with Crippen molar-refractivity contribution in [3.05, 3.63) is 21.9 Å². The van der Waals surface area contributed by atoms with E-state index in [1.165, 1.54) is 35.4 Å². The van der Waals surface area contributed by atoms with Crippen LogP contribution in [0.3, 0.4) is 0 Å². The number of aryl methyl sites for hydroxylation is 1. The third-order valence-electron chi connectivity index (χ3n) is 4.25. The molecule has 142 valence electrons. The first kappa shape index (κ1) is 22.2. The van der Waals surface area contributed by atoms with Crippen LogP contribution in [0, 0.1) is 6.92 Å². The molecule has 1 aromatic rings. The predicted molar refractivity (Wildman–Crippen MR) is 117 cm³/mol. The van der Waals surface area contributed by atoms with Gasteiger partial charge in [0, 0.05) is 42.4 Å². The molecule has 1 fully saturated rings. The van der Waals surface area contributed by atoms with Crippen LogP contribution in [0.2, 0.25) is 0 Å². The van der Waals surface area contributed by atoms with Gasteiger partial charge in [-0.05, 0) is 38.8 Å². The average Bonchev–Trinajstić information content (AvgIpc) is 3.16. The molecule has 0 aromatic carbocycles. The zero-order valence-corrected chi connectivity index (χ0v) is 18.8. The average molecular weight is 478 g/mol. The van der Waals surface area contributed by atoms with Crippen LogP contribution in [0.5, 0.6) is 0 Å². The maximum absolute atomic E-state index is 11.8. The van der Waals surface area contributed by atoms with Crippen molar-refractivity contribution in [1.82, 2.24) is 15.5 Å². The molecule has 0 radical (unpaired) electrons. The van der Waals surface area contributed by atoms with Gasteiger partial charge in [-0.15, -0.1) is 35.3 Å². The normalized spacial score (nSPS) is 16.2. The summed E-state index contributed by atoms with van der Waals surface area (Å²) in [4.78, 5) is 20.6. The zero-order chi connectivity index (χ0) is 17.5. The summed E-state index contributed by atoms with van der Waals surface area (Å²) in [5.74, 6) is 0.780. The van der Waals surface area contributed by atoms with Gasteiger partial charge in [-0.1, -0.05) is 12.8 Å². The Hall–Kier alpha value is -0.830. The van der Waals surface area contributed by atoms with E-state index in [9.17, 15) is 4.79 Å². The van der Waals surface area contributed by atoms with Gasteiger partial charge in [0.25, 0.3) is 0 Å². The number of guanidine groups is 1. The fourth-order valence-electron chi connectivity index (χ4n) is 2.87. The largest absolute Gasteiger partial charge is 0.354 e. The van der Waals surface area contributed by atoms with Gasteiger partial charge in [-0.3, -0.25) is 4.79 Å². The number of thiophene rings is 1. The number of aliphatic imine (C=N–C) groups is 1. The van der Waals surface area contributed by atoms with Crippen molar-refractivity contribution in [3.63, 3.8) is 0 Å². The van der Waals surface area contributed by atoms with Crippen LogP contribution >= 0.6 is 35.3 Å². The van der Waals surface area contributed by atoms with E-state index in [1.54, 1.807) is 19.0 Å². The number of nitrogens with zero attached hydrogens (tertiary/aromatic N) is 2. The molecule has 1 aliphatic rings. The van der Waals surface area contributed by atoms with Gasteiger partial charge in [0.1, 0.15) is 6.54 Å². The van der Waals surface area contributed by atoms with Crippen molar-refractivity contribution < 1.29 is 4.79 Å². The quantitative estimate of drug-likeness (QED) is 0.375. The topological polar surface area (TPSA) is 56.7 Å². The lowest BCUT2D eigenvalue weighted by Crippen LogP contribution is -2.47. The number of rotatable bonds is 6. The second kappa shape index (κ2) is 11.0. The maximum Gasteiger partial charge on any atom is 0.243 e. The highest BCUT2D eigenvalue weighted by molar-refractivity contribution is 14.0. The second-order valence-corrected chi connectivity index (χ2v) is 8.21. The molecule has 1 saturated carbocycles. The smallest absolute Gasteiger partial charge is 0.243 e. The van der Waals surface area contributed by atoms with Gasteiger partial charge in [-0.2, -0.15) is 0 Å². The predicted octanol–water partition coefficient (Wildman–Crippen LogP) is 3.17. The third-order valence-corrected chi connectivity index (χ3v) is 5.28. The molecule has 2 N–H and O–H groups in total. The third kappa shape index (κ3) is 7.94. The van der Waals surface area contributed by atoms with Crippen LogP contribution in [0.25, 0.3) is 0 Å². The lowest BCUT2D eigenvalue weighted by Gasteiger charge is -2.21. The summed E-state index contributed by atoms with van der Waals surface area (Å²) in [6, 6.07) is 5.09. The number of hydrogen-bond acceptors (Lipinski definition) is 3. The summed E-state index contributed by atoms with van der Waals surface area (Å²) in [5, 5.41) is 6.97. The van der Waals surface area contributed by atoms with Crippen molar-refractivity contribution in [2.24, 2.45) is 4.99 Å². The van der Waals surface area contributed by atoms with Crippen molar-refractivity contribution in [2.45, 2.75) is 58.0 Å². The van der Waals surface area contributed by atoms with E-state index < -0.39 is 0 Å². The number of nitrogens with one attached hydrogen (secondary N) is 2. The Balaban J connectivity index is 0.00000312. The fraction of sp³-hybridized carbons (Fsp3) is 0.667. The van der Waals surface area contributed by atoms with Crippen LogP contribution < -0.4 is 10.6 Å². The Morgan fingerprint density at radius 2 is 2.04 bits per heavy atom. The Morgan fingerprint density at radius 3 is 2.60 bits per heavy atom. The number of halogens is 1. The Labute approximate surface area is 172 Å². The Kier molecular flexibility index (Phi) is 9.78. The van der Waals surface area contributed by atoms with Gasteiger partial charge in [-0.25, -0.2) is 4.99 Å². The van der Waals surface area contributed by atoms with Gasteiger partial charge >= 0.3 is 0 Å². The first-order valence-corrected chi connectivity index (χ1v) is 9.58. The van der Waals surface area contributed by atoms with E-state index in [0.717, 1.165) is 12.4 Å². The molecule has 1 amide bonds. The Morgan fingerprint density at radius 1 is 1.36 bits per heavy atom. The molecular weight excluding hydrogens is 447 g/mol. The molecule has 1 heterocycles.